The maximum atomic E-state index is 12.6. The second-order valence-corrected chi connectivity index (χ2v) is 7.87. The molecule has 1 saturated carbocycles. The average Bonchev–Trinajstić information content (AvgIpc) is 2.60. The van der Waals surface area contributed by atoms with Crippen LogP contribution in [0.5, 0.6) is 5.75 Å². The van der Waals surface area contributed by atoms with Gasteiger partial charge in [-0.15, -0.1) is 38.0 Å². The van der Waals surface area contributed by atoms with E-state index in [0.29, 0.717) is 37.8 Å². The number of rotatable bonds is 5. The number of piperidine rings is 1. The molecule has 0 aromatic heterocycles. The summed E-state index contributed by atoms with van der Waals surface area (Å²) in [5.74, 6) is -0.539. The number of ether oxygens (including phenoxy) is 1. The molecule has 0 radical (unpaired) electrons. The van der Waals surface area contributed by atoms with Gasteiger partial charge in [0.05, 0.1) is 11.7 Å². The lowest BCUT2D eigenvalue weighted by Gasteiger charge is -2.43. The van der Waals surface area contributed by atoms with Gasteiger partial charge in [0, 0.05) is 25.6 Å². The second kappa shape index (κ2) is 11.0. The van der Waals surface area contributed by atoms with Crippen LogP contribution in [0.4, 0.5) is 13.2 Å². The molecule has 2 fully saturated rings. The number of nitrogens with zero attached hydrogens (tertiary/aromatic N) is 1. The van der Waals surface area contributed by atoms with Crippen LogP contribution in [0.2, 0.25) is 0 Å². The quantitative estimate of drug-likeness (QED) is 0.671. The number of benzene rings is 1. The van der Waals surface area contributed by atoms with Gasteiger partial charge in [-0.1, -0.05) is 31.4 Å². The van der Waals surface area contributed by atoms with E-state index in [-0.39, 0.29) is 42.6 Å². The first-order chi connectivity index (χ1) is 12.8. The maximum absolute atomic E-state index is 12.6. The van der Waals surface area contributed by atoms with Crippen molar-refractivity contribution in [3.8, 4) is 5.75 Å². The third kappa shape index (κ3) is 7.47. The van der Waals surface area contributed by atoms with Gasteiger partial charge in [0.15, 0.2) is 0 Å². The first-order valence-electron chi connectivity index (χ1n) is 9.74. The number of likely N-dealkylation sites (tertiary alicyclic amines) is 1. The molecule has 1 aromatic rings. The minimum absolute atomic E-state index is 0. The number of hydrogen-bond acceptors (Lipinski definition) is 4. The summed E-state index contributed by atoms with van der Waals surface area (Å²) >= 11 is 0. The van der Waals surface area contributed by atoms with E-state index in [1.165, 1.54) is 12.1 Å². The number of aliphatic hydroxyl groups excluding tert-OH is 1. The third-order valence-corrected chi connectivity index (χ3v) is 5.86. The zero-order valence-electron chi connectivity index (χ0n) is 16.2. The molecule has 9 heteroatoms. The van der Waals surface area contributed by atoms with Crippen LogP contribution < -0.4 is 4.74 Å². The van der Waals surface area contributed by atoms with Crippen molar-refractivity contribution in [3.05, 3.63) is 29.8 Å². The monoisotopic (exact) mass is 459 g/mol. The van der Waals surface area contributed by atoms with Gasteiger partial charge in [-0.3, -0.25) is 0 Å². The SMILES string of the molecule is Cl.Cl.OC1CCN(CC(c2cccc(OC(F)(F)F)c2)C2(O)CCCCC2)CC1. The van der Waals surface area contributed by atoms with Gasteiger partial charge < -0.3 is 19.8 Å². The standard InChI is InChI=1S/C20H28F3NO3.2ClH/c21-20(22,23)27-17-6-4-5-15(13-17)18(19(26)9-2-1-3-10-19)14-24-11-7-16(25)8-12-24;;/h4-6,13,16,18,25-26H,1-3,7-12,14H2;2*1H. The number of hydrogen-bond donors (Lipinski definition) is 2. The summed E-state index contributed by atoms with van der Waals surface area (Å²) in [7, 11) is 0. The van der Waals surface area contributed by atoms with E-state index < -0.39 is 12.0 Å². The summed E-state index contributed by atoms with van der Waals surface area (Å²) < 4.78 is 41.9. The van der Waals surface area contributed by atoms with E-state index in [2.05, 4.69) is 9.64 Å². The van der Waals surface area contributed by atoms with Crippen LogP contribution in [-0.2, 0) is 0 Å². The molecule has 0 spiro atoms. The van der Waals surface area contributed by atoms with Gasteiger partial charge in [-0.05, 0) is 43.4 Å². The van der Waals surface area contributed by atoms with Crippen molar-refractivity contribution in [2.24, 2.45) is 0 Å². The van der Waals surface area contributed by atoms with Gasteiger partial charge in [0.1, 0.15) is 5.75 Å². The number of aliphatic hydroxyl groups is 2. The van der Waals surface area contributed by atoms with Crippen LogP contribution in [0.1, 0.15) is 56.4 Å². The molecule has 0 bridgehead atoms. The zero-order valence-corrected chi connectivity index (χ0v) is 17.9. The highest BCUT2D eigenvalue weighted by Gasteiger charge is 2.40. The molecule has 2 N–H and O–H groups in total. The highest BCUT2D eigenvalue weighted by atomic mass is 35.5. The van der Waals surface area contributed by atoms with Gasteiger partial charge in [-0.2, -0.15) is 0 Å². The third-order valence-electron chi connectivity index (χ3n) is 5.86. The Morgan fingerprint density at radius 1 is 1.10 bits per heavy atom. The Balaban J connectivity index is 0.00000210. The van der Waals surface area contributed by atoms with Crippen molar-refractivity contribution in [3.63, 3.8) is 0 Å². The predicted molar refractivity (Wildman–Crippen MR) is 110 cm³/mol. The fourth-order valence-corrected chi connectivity index (χ4v) is 4.39. The number of alkyl halides is 3. The highest BCUT2D eigenvalue weighted by molar-refractivity contribution is 5.85. The molecule has 1 heterocycles. The molecule has 1 aromatic carbocycles. The van der Waals surface area contributed by atoms with Gasteiger partial charge in [-0.25, -0.2) is 0 Å². The summed E-state index contributed by atoms with van der Waals surface area (Å²) in [5, 5.41) is 21.1. The molecule has 1 atom stereocenters. The summed E-state index contributed by atoms with van der Waals surface area (Å²) in [5.41, 5.74) is -0.252. The van der Waals surface area contributed by atoms with Gasteiger partial charge >= 0.3 is 6.36 Å². The highest BCUT2D eigenvalue weighted by Crippen LogP contribution is 2.41. The second-order valence-electron chi connectivity index (χ2n) is 7.87. The molecule has 4 nitrogen and oxygen atoms in total. The van der Waals surface area contributed by atoms with Gasteiger partial charge in [0.2, 0.25) is 0 Å². The van der Waals surface area contributed by atoms with E-state index >= 15 is 0 Å². The predicted octanol–water partition coefficient (Wildman–Crippen LogP) is 4.66. The Kier molecular flexibility index (Phi) is 10.0. The topological polar surface area (TPSA) is 52.9 Å². The normalized spacial score (nSPS) is 21.6. The Labute approximate surface area is 182 Å². The van der Waals surface area contributed by atoms with Crippen molar-refractivity contribution in [2.75, 3.05) is 19.6 Å². The molecule has 29 heavy (non-hydrogen) atoms. The maximum Gasteiger partial charge on any atom is 0.573 e. The van der Waals surface area contributed by atoms with Crippen molar-refractivity contribution < 1.29 is 28.1 Å². The minimum atomic E-state index is -4.74. The summed E-state index contributed by atoms with van der Waals surface area (Å²) in [6.07, 6.45) is 0.554. The molecule has 168 valence electrons. The molecule has 1 aliphatic carbocycles. The van der Waals surface area contributed by atoms with E-state index in [1.807, 2.05) is 0 Å². The molecule has 2 aliphatic rings. The van der Waals surface area contributed by atoms with Crippen LogP contribution in [-0.4, -0.2) is 52.8 Å². The molecular formula is C20H30Cl2F3NO3. The van der Waals surface area contributed by atoms with Gasteiger partial charge in [0.25, 0.3) is 0 Å². The van der Waals surface area contributed by atoms with Crippen LogP contribution in [0.15, 0.2) is 24.3 Å². The lowest BCUT2D eigenvalue weighted by molar-refractivity contribution is -0.274. The Morgan fingerprint density at radius 3 is 2.31 bits per heavy atom. The van der Waals surface area contributed by atoms with Crippen molar-refractivity contribution >= 4 is 24.8 Å². The summed E-state index contributed by atoms with van der Waals surface area (Å²) in [6.45, 7) is 2.03. The summed E-state index contributed by atoms with van der Waals surface area (Å²) in [6, 6.07) is 6.02. The average molecular weight is 460 g/mol. The number of halogens is 5. The lowest BCUT2D eigenvalue weighted by atomic mass is 9.72. The lowest BCUT2D eigenvalue weighted by Crippen LogP contribution is -2.46. The minimum Gasteiger partial charge on any atom is -0.406 e. The van der Waals surface area contributed by atoms with Crippen molar-refractivity contribution in [1.82, 2.24) is 4.90 Å². The Hall–Kier alpha value is -0.730. The smallest absolute Gasteiger partial charge is 0.406 e. The first-order valence-corrected chi connectivity index (χ1v) is 9.74. The van der Waals surface area contributed by atoms with Crippen LogP contribution in [0, 0.1) is 0 Å². The molecule has 0 amide bonds. The zero-order chi connectivity index (χ0) is 19.5. The molecule has 1 saturated heterocycles. The largest absolute Gasteiger partial charge is 0.573 e. The molecule has 3 rings (SSSR count). The summed E-state index contributed by atoms with van der Waals surface area (Å²) in [4.78, 5) is 2.20. The molecule has 1 unspecified atom stereocenters. The first kappa shape index (κ1) is 26.3. The molecule has 1 aliphatic heterocycles. The van der Waals surface area contributed by atoms with E-state index in [0.717, 1.165) is 32.4 Å². The van der Waals surface area contributed by atoms with Crippen LogP contribution in [0.3, 0.4) is 0 Å². The molecular weight excluding hydrogens is 430 g/mol. The fourth-order valence-electron chi connectivity index (χ4n) is 4.39. The van der Waals surface area contributed by atoms with Crippen molar-refractivity contribution in [1.29, 1.82) is 0 Å². The van der Waals surface area contributed by atoms with E-state index in [4.69, 9.17) is 0 Å². The Bertz CT molecular complexity index is 619. The van der Waals surface area contributed by atoms with E-state index in [9.17, 15) is 23.4 Å². The van der Waals surface area contributed by atoms with Crippen LogP contribution >= 0.6 is 24.8 Å². The fraction of sp³-hybridized carbons (Fsp3) is 0.700. The van der Waals surface area contributed by atoms with Crippen LogP contribution in [0.25, 0.3) is 0 Å². The Morgan fingerprint density at radius 2 is 1.72 bits per heavy atom. The van der Waals surface area contributed by atoms with E-state index in [1.54, 1.807) is 12.1 Å². The van der Waals surface area contributed by atoms with Crippen molar-refractivity contribution in [2.45, 2.75) is 68.9 Å².